The summed E-state index contributed by atoms with van der Waals surface area (Å²) in [6.45, 7) is 7.08. The number of rotatable bonds is 6. The van der Waals surface area contributed by atoms with Gasteiger partial charge in [-0.3, -0.25) is 14.5 Å². The van der Waals surface area contributed by atoms with E-state index in [1.54, 1.807) is 12.1 Å². The Kier molecular flexibility index (Phi) is 6.96. The molecule has 0 saturated carbocycles. The molecule has 1 aliphatic rings. The fraction of sp³-hybridized carbons (Fsp3) is 0.526. The van der Waals surface area contributed by atoms with Crippen LogP contribution in [0.15, 0.2) is 24.3 Å². The summed E-state index contributed by atoms with van der Waals surface area (Å²) in [5, 5.41) is 11.7. The molecule has 1 N–H and O–H groups in total. The lowest BCUT2D eigenvalue weighted by molar-refractivity contribution is -0.133. The van der Waals surface area contributed by atoms with Gasteiger partial charge in [-0.2, -0.15) is 5.26 Å². The monoisotopic (exact) mass is 342 g/mol. The van der Waals surface area contributed by atoms with Crippen LogP contribution in [-0.4, -0.2) is 60.4 Å². The minimum absolute atomic E-state index is 0.0376. The van der Waals surface area contributed by atoms with Crippen molar-refractivity contribution < 1.29 is 9.59 Å². The SMILES string of the molecule is CC(C)NC(=O)CN1CCN(C(=O)CCc2ccc(C#N)cc2)CC1. The lowest BCUT2D eigenvalue weighted by atomic mass is 10.1. The molecular weight excluding hydrogens is 316 g/mol. The van der Waals surface area contributed by atoms with E-state index in [4.69, 9.17) is 5.26 Å². The maximum atomic E-state index is 12.3. The van der Waals surface area contributed by atoms with E-state index in [2.05, 4.69) is 16.3 Å². The van der Waals surface area contributed by atoms with Gasteiger partial charge in [0.15, 0.2) is 0 Å². The number of carbonyl (C=O) groups is 2. The lowest BCUT2D eigenvalue weighted by Crippen LogP contribution is -2.51. The van der Waals surface area contributed by atoms with Crippen molar-refractivity contribution in [3.63, 3.8) is 0 Å². The zero-order chi connectivity index (χ0) is 18.2. The van der Waals surface area contributed by atoms with Crippen molar-refractivity contribution in [2.24, 2.45) is 0 Å². The molecule has 25 heavy (non-hydrogen) atoms. The number of piperazine rings is 1. The molecule has 0 bridgehead atoms. The molecule has 1 heterocycles. The molecule has 2 amide bonds. The molecule has 0 unspecified atom stereocenters. The second kappa shape index (κ2) is 9.19. The highest BCUT2D eigenvalue weighted by atomic mass is 16.2. The Morgan fingerprint density at radius 1 is 1.16 bits per heavy atom. The predicted octanol–water partition coefficient (Wildman–Crippen LogP) is 1.16. The van der Waals surface area contributed by atoms with Crippen LogP contribution in [0.4, 0.5) is 0 Å². The summed E-state index contributed by atoms with van der Waals surface area (Å²) in [4.78, 5) is 28.1. The van der Waals surface area contributed by atoms with E-state index in [9.17, 15) is 9.59 Å². The number of amides is 2. The van der Waals surface area contributed by atoms with E-state index in [-0.39, 0.29) is 17.9 Å². The average Bonchev–Trinajstić information content (AvgIpc) is 2.60. The summed E-state index contributed by atoms with van der Waals surface area (Å²) < 4.78 is 0. The Hall–Kier alpha value is -2.39. The van der Waals surface area contributed by atoms with Gasteiger partial charge in [-0.1, -0.05) is 12.1 Å². The molecule has 0 aliphatic carbocycles. The van der Waals surface area contributed by atoms with Gasteiger partial charge in [-0.05, 0) is 38.0 Å². The van der Waals surface area contributed by atoms with E-state index in [1.807, 2.05) is 30.9 Å². The zero-order valence-corrected chi connectivity index (χ0v) is 15.0. The first-order valence-corrected chi connectivity index (χ1v) is 8.76. The summed E-state index contributed by atoms with van der Waals surface area (Å²) in [7, 11) is 0. The molecule has 0 radical (unpaired) electrons. The molecule has 6 heteroatoms. The molecule has 6 nitrogen and oxygen atoms in total. The Bertz CT molecular complexity index is 626. The van der Waals surface area contributed by atoms with Gasteiger partial charge in [0, 0.05) is 38.6 Å². The average molecular weight is 342 g/mol. The van der Waals surface area contributed by atoms with Crippen LogP contribution in [0.5, 0.6) is 0 Å². The van der Waals surface area contributed by atoms with Gasteiger partial charge in [0.1, 0.15) is 0 Å². The largest absolute Gasteiger partial charge is 0.353 e. The smallest absolute Gasteiger partial charge is 0.234 e. The van der Waals surface area contributed by atoms with Gasteiger partial charge in [0.25, 0.3) is 0 Å². The van der Waals surface area contributed by atoms with Gasteiger partial charge >= 0.3 is 0 Å². The third kappa shape index (κ3) is 6.20. The van der Waals surface area contributed by atoms with Crippen molar-refractivity contribution >= 4 is 11.8 Å². The topological polar surface area (TPSA) is 76.4 Å². The van der Waals surface area contributed by atoms with E-state index in [0.717, 1.165) is 18.7 Å². The van der Waals surface area contributed by atoms with Crippen LogP contribution in [0.1, 0.15) is 31.4 Å². The van der Waals surface area contributed by atoms with Gasteiger partial charge in [-0.25, -0.2) is 0 Å². The molecule has 1 aliphatic heterocycles. The molecule has 2 rings (SSSR count). The normalized spacial score (nSPS) is 15.0. The third-order valence-corrected chi connectivity index (χ3v) is 4.25. The van der Waals surface area contributed by atoms with Crippen LogP contribution >= 0.6 is 0 Å². The third-order valence-electron chi connectivity index (χ3n) is 4.25. The minimum Gasteiger partial charge on any atom is -0.353 e. The van der Waals surface area contributed by atoms with Crippen LogP contribution in [0.3, 0.4) is 0 Å². The zero-order valence-electron chi connectivity index (χ0n) is 15.0. The van der Waals surface area contributed by atoms with Crippen molar-refractivity contribution in [1.29, 1.82) is 5.26 Å². The lowest BCUT2D eigenvalue weighted by Gasteiger charge is -2.34. The highest BCUT2D eigenvalue weighted by Crippen LogP contribution is 2.09. The van der Waals surface area contributed by atoms with Crippen LogP contribution < -0.4 is 5.32 Å². The van der Waals surface area contributed by atoms with Crippen molar-refractivity contribution in [2.75, 3.05) is 32.7 Å². The summed E-state index contributed by atoms with van der Waals surface area (Å²) in [6, 6.07) is 9.60. The minimum atomic E-state index is 0.0376. The van der Waals surface area contributed by atoms with Crippen LogP contribution in [0.25, 0.3) is 0 Å². The van der Waals surface area contributed by atoms with Gasteiger partial charge in [0.2, 0.25) is 11.8 Å². The predicted molar refractivity (Wildman–Crippen MR) is 95.8 cm³/mol. The number of hydrogen-bond donors (Lipinski definition) is 1. The molecule has 0 spiro atoms. The number of benzene rings is 1. The van der Waals surface area contributed by atoms with E-state index in [0.29, 0.717) is 38.0 Å². The van der Waals surface area contributed by atoms with Crippen LogP contribution in [-0.2, 0) is 16.0 Å². The fourth-order valence-electron chi connectivity index (χ4n) is 2.88. The molecule has 134 valence electrons. The van der Waals surface area contributed by atoms with Gasteiger partial charge < -0.3 is 10.2 Å². The maximum Gasteiger partial charge on any atom is 0.234 e. The van der Waals surface area contributed by atoms with E-state index < -0.39 is 0 Å². The molecule has 0 atom stereocenters. The molecular formula is C19H26N4O2. The quantitative estimate of drug-likeness (QED) is 0.842. The molecule has 1 aromatic rings. The van der Waals surface area contributed by atoms with Crippen LogP contribution in [0, 0.1) is 11.3 Å². The van der Waals surface area contributed by atoms with E-state index in [1.165, 1.54) is 0 Å². The first-order valence-electron chi connectivity index (χ1n) is 8.76. The van der Waals surface area contributed by atoms with Crippen LogP contribution in [0.2, 0.25) is 0 Å². The number of aryl methyl sites for hydroxylation is 1. The highest BCUT2D eigenvalue weighted by molar-refractivity contribution is 5.78. The van der Waals surface area contributed by atoms with Crippen molar-refractivity contribution in [2.45, 2.75) is 32.7 Å². The first kappa shape index (κ1) is 18.9. The molecule has 1 fully saturated rings. The summed E-state index contributed by atoms with van der Waals surface area (Å²) >= 11 is 0. The molecule has 1 saturated heterocycles. The first-order chi connectivity index (χ1) is 12.0. The standard InChI is InChI=1S/C19H26N4O2/c1-15(2)21-18(24)14-22-9-11-23(12-10-22)19(25)8-7-16-3-5-17(13-20)6-4-16/h3-6,15H,7-12,14H2,1-2H3,(H,21,24). The summed E-state index contributed by atoms with van der Waals surface area (Å²) in [5.41, 5.74) is 1.70. The summed E-state index contributed by atoms with van der Waals surface area (Å²) in [5.74, 6) is 0.186. The number of hydrogen-bond acceptors (Lipinski definition) is 4. The highest BCUT2D eigenvalue weighted by Gasteiger charge is 2.22. The summed E-state index contributed by atoms with van der Waals surface area (Å²) in [6.07, 6.45) is 1.15. The number of carbonyl (C=O) groups excluding carboxylic acids is 2. The van der Waals surface area contributed by atoms with E-state index >= 15 is 0 Å². The Balaban J connectivity index is 1.71. The number of nitrogens with one attached hydrogen (secondary N) is 1. The molecule has 1 aromatic carbocycles. The van der Waals surface area contributed by atoms with Gasteiger partial charge in [0.05, 0.1) is 18.2 Å². The maximum absolute atomic E-state index is 12.3. The Labute approximate surface area is 149 Å². The number of nitriles is 1. The second-order valence-electron chi connectivity index (χ2n) is 6.69. The number of nitrogens with zero attached hydrogens (tertiary/aromatic N) is 3. The Morgan fingerprint density at radius 2 is 1.80 bits per heavy atom. The molecule has 0 aromatic heterocycles. The second-order valence-corrected chi connectivity index (χ2v) is 6.69. The van der Waals surface area contributed by atoms with Gasteiger partial charge in [-0.15, -0.1) is 0 Å². The fourth-order valence-corrected chi connectivity index (χ4v) is 2.88. The van der Waals surface area contributed by atoms with Crippen molar-refractivity contribution in [3.8, 4) is 6.07 Å². The Morgan fingerprint density at radius 3 is 2.36 bits per heavy atom. The van der Waals surface area contributed by atoms with Crippen molar-refractivity contribution in [1.82, 2.24) is 15.1 Å². The van der Waals surface area contributed by atoms with Crippen molar-refractivity contribution in [3.05, 3.63) is 35.4 Å².